The van der Waals surface area contributed by atoms with Crippen molar-refractivity contribution in [2.24, 2.45) is 0 Å². The molecule has 2 rings (SSSR count). The molecule has 1 saturated heterocycles. The zero-order valence-electron chi connectivity index (χ0n) is 15.0. The van der Waals surface area contributed by atoms with Crippen LogP contribution in [0.5, 0.6) is 0 Å². The molecule has 1 aliphatic rings. The van der Waals surface area contributed by atoms with Gasteiger partial charge in [0.2, 0.25) is 0 Å². The highest BCUT2D eigenvalue weighted by molar-refractivity contribution is 14.1. The molecular formula is C20H32INO2. The van der Waals surface area contributed by atoms with E-state index in [2.05, 4.69) is 65.8 Å². The Kier molecular flexibility index (Phi) is 9.01. The first kappa shape index (κ1) is 20.1. The standard InChI is InChI=1S/C20H32INO2/c1-3-4-12-19(23)14-18-11-8-13-20(16(2)21)22(18)24-15-17-9-6-5-7-10-17/h5-7,9-10,16,18-20,23H,3-4,8,11-15H2,1-2H3/t16-,18-,19+,20-/m1/s1. The first-order valence-corrected chi connectivity index (χ1v) is 10.6. The molecule has 1 aromatic carbocycles. The number of hydrogen-bond donors (Lipinski definition) is 1. The summed E-state index contributed by atoms with van der Waals surface area (Å²) in [4.78, 5) is 6.28. The number of aliphatic hydroxyl groups is 1. The van der Waals surface area contributed by atoms with E-state index in [0.29, 0.717) is 22.6 Å². The summed E-state index contributed by atoms with van der Waals surface area (Å²) >= 11 is 2.51. The Bertz CT molecular complexity index is 454. The maximum atomic E-state index is 10.4. The Morgan fingerprint density at radius 1 is 1.29 bits per heavy atom. The molecule has 4 atom stereocenters. The molecule has 0 bridgehead atoms. The van der Waals surface area contributed by atoms with E-state index < -0.39 is 0 Å². The first-order chi connectivity index (χ1) is 11.6. The molecule has 1 aromatic rings. The third-order valence-electron chi connectivity index (χ3n) is 4.91. The zero-order valence-corrected chi connectivity index (χ0v) is 17.2. The second-order valence-electron chi connectivity index (χ2n) is 6.98. The van der Waals surface area contributed by atoms with Crippen LogP contribution in [-0.4, -0.2) is 32.3 Å². The number of piperidine rings is 1. The number of rotatable bonds is 9. The molecule has 0 spiro atoms. The maximum Gasteiger partial charge on any atom is 0.0936 e. The lowest BCUT2D eigenvalue weighted by atomic mass is 9.92. The van der Waals surface area contributed by atoms with Gasteiger partial charge in [-0.1, -0.05) is 86.0 Å². The van der Waals surface area contributed by atoms with Crippen molar-refractivity contribution < 1.29 is 9.94 Å². The fourth-order valence-electron chi connectivity index (χ4n) is 3.54. The van der Waals surface area contributed by atoms with Gasteiger partial charge in [-0.05, 0) is 31.2 Å². The Labute approximate surface area is 160 Å². The number of alkyl halides is 1. The number of hydrogen-bond acceptors (Lipinski definition) is 3. The zero-order chi connectivity index (χ0) is 17.4. The van der Waals surface area contributed by atoms with Crippen LogP contribution in [0.2, 0.25) is 0 Å². The highest BCUT2D eigenvalue weighted by Gasteiger charge is 2.35. The van der Waals surface area contributed by atoms with Gasteiger partial charge in [-0.2, -0.15) is 5.06 Å². The molecule has 0 aromatic heterocycles. The predicted octanol–water partition coefficient (Wildman–Crippen LogP) is 5.11. The van der Waals surface area contributed by atoms with Crippen LogP contribution >= 0.6 is 22.6 Å². The summed E-state index contributed by atoms with van der Waals surface area (Å²) in [5.41, 5.74) is 1.20. The summed E-state index contributed by atoms with van der Waals surface area (Å²) < 4.78 is 0.536. The van der Waals surface area contributed by atoms with Gasteiger partial charge in [0.05, 0.1) is 12.7 Å². The minimum atomic E-state index is -0.207. The molecule has 1 aliphatic heterocycles. The molecule has 1 N–H and O–H groups in total. The van der Waals surface area contributed by atoms with E-state index in [0.717, 1.165) is 32.1 Å². The van der Waals surface area contributed by atoms with Gasteiger partial charge in [-0.15, -0.1) is 0 Å². The molecule has 0 amide bonds. The molecule has 3 nitrogen and oxygen atoms in total. The molecule has 136 valence electrons. The van der Waals surface area contributed by atoms with Crippen molar-refractivity contribution in [3.05, 3.63) is 35.9 Å². The van der Waals surface area contributed by atoms with Crippen molar-refractivity contribution in [2.45, 2.75) is 87.5 Å². The Hall–Kier alpha value is -0.170. The number of benzene rings is 1. The molecule has 0 unspecified atom stereocenters. The molecular weight excluding hydrogens is 413 g/mol. The van der Waals surface area contributed by atoms with Gasteiger partial charge in [-0.25, -0.2) is 0 Å². The SMILES string of the molecule is CCCC[C@H](O)C[C@H]1CCC[C@H]([C@@H](C)I)N1OCc1ccccc1. The van der Waals surface area contributed by atoms with Gasteiger partial charge in [0.15, 0.2) is 0 Å². The summed E-state index contributed by atoms with van der Waals surface area (Å²) in [5.74, 6) is 0. The Morgan fingerprint density at radius 2 is 2.04 bits per heavy atom. The van der Waals surface area contributed by atoms with Crippen LogP contribution in [0.25, 0.3) is 0 Å². The van der Waals surface area contributed by atoms with E-state index in [1.54, 1.807) is 0 Å². The highest BCUT2D eigenvalue weighted by Crippen LogP contribution is 2.31. The second kappa shape index (κ2) is 10.7. The van der Waals surface area contributed by atoms with Crippen molar-refractivity contribution >= 4 is 22.6 Å². The van der Waals surface area contributed by atoms with Crippen LogP contribution in [-0.2, 0) is 11.4 Å². The van der Waals surface area contributed by atoms with Crippen LogP contribution in [0.15, 0.2) is 30.3 Å². The lowest BCUT2D eigenvalue weighted by Gasteiger charge is -2.43. The third-order valence-corrected chi connectivity index (χ3v) is 5.74. The molecule has 1 heterocycles. The van der Waals surface area contributed by atoms with Crippen LogP contribution < -0.4 is 0 Å². The van der Waals surface area contributed by atoms with Crippen molar-refractivity contribution in [1.82, 2.24) is 5.06 Å². The van der Waals surface area contributed by atoms with E-state index in [-0.39, 0.29) is 6.10 Å². The number of nitrogens with zero attached hydrogens (tertiary/aromatic N) is 1. The largest absolute Gasteiger partial charge is 0.393 e. The second-order valence-corrected chi connectivity index (χ2v) is 8.95. The summed E-state index contributed by atoms with van der Waals surface area (Å²) in [6.45, 7) is 5.05. The fraction of sp³-hybridized carbons (Fsp3) is 0.700. The van der Waals surface area contributed by atoms with Crippen molar-refractivity contribution in [3.8, 4) is 0 Å². The van der Waals surface area contributed by atoms with E-state index in [4.69, 9.17) is 4.84 Å². The van der Waals surface area contributed by atoms with Gasteiger partial charge in [0.25, 0.3) is 0 Å². The van der Waals surface area contributed by atoms with Crippen molar-refractivity contribution in [2.75, 3.05) is 0 Å². The van der Waals surface area contributed by atoms with Gasteiger partial charge in [0.1, 0.15) is 0 Å². The normalized spacial score (nSPS) is 24.7. The molecule has 1 fully saturated rings. The van der Waals surface area contributed by atoms with Crippen LogP contribution in [0.3, 0.4) is 0 Å². The van der Waals surface area contributed by atoms with E-state index >= 15 is 0 Å². The van der Waals surface area contributed by atoms with E-state index in [1.165, 1.54) is 18.4 Å². The first-order valence-electron chi connectivity index (χ1n) is 9.39. The summed E-state index contributed by atoms with van der Waals surface area (Å²) in [5, 5.41) is 12.6. The van der Waals surface area contributed by atoms with E-state index in [1.807, 2.05) is 6.07 Å². The fourth-order valence-corrected chi connectivity index (χ4v) is 4.21. The van der Waals surface area contributed by atoms with Crippen LogP contribution in [0.4, 0.5) is 0 Å². The molecule has 0 aliphatic carbocycles. The Morgan fingerprint density at radius 3 is 2.71 bits per heavy atom. The average molecular weight is 445 g/mol. The Balaban J connectivity index is 1.99. The van der Waals surface area contributed by atoms with Crippen molar-refractivity contribution in [1.29, 1.82) is 0 Å². The topological polar surface area (TPSA) is 32.7 Å². The molecule has 24 heavy (non-hydrogen) atoms. The lowest BCUT2D eigenvalue weighted by molar-refractivity contribution is -0.238. The number of hydroxylamine groups is 2. The van der Waals surface area contributed by atoms with Crippen LogP contribution in [0, 0.1) is 0 Å². The monoisotopic (exact) mass is 445 g/mol. The molecule has 0 saturated carbocycles. The predicted molar refractivity (Wildman–Crippen MR) is 108 cm³/mol. The van der Waals surface area contributed by atoms with Gasteiger partial charge >= 0.3 is 0 Å². The minimum Gasteiger partial charge on any atom is -0.393 e. The minimum absolute atomic E-state index is 0.207. The van der Waals surface area contributed by atoms with Crippen LogP contribution in [0.1, 0.15) is 64.4 Å². The summed E-state index contributed by atoms with van der Waals surface area (Å²) in [6, 6.07) is 11.1. The summed E-state index contributed by atoms with van der Waals surface area (Å²) in [6.07, 6.45) is 7.31. The van der Waals surface area contributed by atoms with Gasteiger partial charge < -0.3 is 5.11 Å². The average Bonchev–Trinajstić information content (AvgIpc) is 2.59. The number of aliphatic hydroxyl groups excluding tert-OH is 1. The summed E-state index contributed by atoms with van der Waals surface area (Å²) in [7, 11) is 0. The molecule has 4 heteroatoms. The van der Waals surface area contributed by atoms with Gasteiger partial charge in [0, 0.05) is 16.0 Å². The van der Waals surface area contributed by atoms with Crippen molar-refractivity contribution in [3.63, 3.8) is 0 Å². The number of unbranched alkanes of at least 4 members (excludes halogenated alkanes) is 1. The highest BCUT2D eigenvalue weighted by atomic mass is 127. The van der Waals surface area contributed by atoms with Gasteiger partial charge in [-0.3, -0.25) is 4.84 Å². The quantitative estimate of drug-likeness (QED) is 0.424. The van der Waals surface area contributed by atoms with E-state index in [9.17, 15) is 5.11 Å². The third kappa shape index (κ3) is 6.28. The smallest absolute Gasteiger partial charge is 0.0936 e. The molecule has 0 radical (unpaired) electrons. The lowest BCUT2D eigenvalue weighted by Crippen LogP contribution is -2.50. The maximum absolute atomic E-state index is 10.4. The number of halogens is 1.